The lowest BCUT2D eigenvalue weighted by molar-refractivity contribution is -0.124. The van der Waals surface area contributed by atoms with Crippen LogP contribution in [0.25, 0.3) is 0 Å². The number of rotatable bonds is 8. The van der Waals surface area contributed by atoms with Gasteiger partial charge < -0.3 is 15.2 Å². The Kier molecular flexibility index (Phi) is 6.99. The zero-order valence-electron chi connectivity index (χ0n) is 19.6. The van der Waals surface area contributed by atoms with E-state index >= 15 is 0 Å². The molecule has 0 saturated heterocycles. The molecule has 0 bridgehead atoms. The number of primary amides is 1. The molecule has 33 heavy (non-hydrogen) atoms. The largest absolute Gasteiger partial charge is 0.493 e. The van der Waals surface area contributed by atoms with Crippen molar-refractivity contribution in [3.8, 4) is 11.5 Å². The van der Waals surface area contributed by atoms with Crippen molar-refractivity contribution in [2.24, 2.45) is 5.73 Å². The number of nitrogens with two attached hydrogens (primary N) is 1. The van der Waals surface area contributed by atoms with Gasteiger partial charge in [-0.3, -0.25) is 9.69 Å². The normalized spacial score (nSPS) is 16.6. The van der Waals surface area contributed by atoms with Crippen molar-refractivity contribution in [1.82, 2.24) is 4.90 Å². The molecule has 3 aromatic rings. The van der Waals surface area contributed by atoms with Gasteiger partial charge in [0, 0.05) is 12.6 Å². The molecule has 0 fully saturated rings. The van der Waals surface area contributed by atoms with Gasteiger partial charge in [0.05, 0.1) is 14.2 Å². The monoisotopic (exact) mass is 444 g/mol. The van der Waals surface area contributed by atoms with E-state index in [2.05, 4.69) is 48.2 Å². The average molecular weight is 445 g/mol. The van der Waals surface area contributed by atoms with E-state index in [-0.39, 0.29) is 11.9 Å². The first-order valence-corrected chi connectivity index (χ1v) is 11.4. The first-order chi connectivity index (χ1) is 16.0. The number of amides is 1. The molecule has 0 aliphatic carbocycles. The van der Waals surface area contributed by atoms with Crippen molar-refractivity contribution < 1.29 is 14.3 Å². The number of benzene rings is 3. The topological polar surface area (TPSA) is 64.8 Å². The molecular formula is C28H32N2O3. The van der Waals surface area contributed by atoms with Crippen molar-refractivity contribution in [3.63, 3.8) is 0 Å². The second kappa shape index (κ2) is 10.1. The zero-order valence-corrected chi connectivity index (χ0v) is 19.6. The lowest BCUT2D eigenvalue weighted by Crippen LogP contribution is -2.44. The number of hydrogen-bond acceptors (Lipinski definition) is 4. The first-order valence-electron chi connectivity index (χ1n) is 11.4. The maximum absolute atomic E-state index is 12.7. The number of fused-ring (bicyclic) bond motifs is 1. The van der Waals surface area contributed by atoms with Crippen LogP contribution in [0.2, 0.25) is 0 Å². The molecule has 3 aromatic carbocycles. The molecule has 2 atom stereocenters. The fourth-order valence-corrected chi connectivity index (χ4v) is 4.89. The van der Waals surface area contributed by atoms with Crippen LogP contribution in [0.5, 0.6) is 11.5 Å². The molecule has 2 N–H and O–H groups in total. The van der Waals surface area contributed by atoms with E-state index in [0.29, 0.717) is 5.75 Å². The van der Waals surface area contributed by atoms with Crippen LogP contribution in [0, 0.1) is 6.92 Å². The SMILES string of the molecule is COc1cc2c(cc1OC)[C@H](CCc1ccc(C)cc1)N([C@@H](C(N)=O)c1ccccc1)CC2. The summed E-state index contributed by atoms with van der Waals surface area (Å²) in [5.41, 5.74) is 11.8. The summed E-state index contributed by atoms with van der Waals surface area (Å²) in [7, 11) is 3.31. The Bertz CT molecular complexity index is 1100. The molecule has 5 nitrogen and oxygen atoms in total. The summed E-state index contributed by atoms with van der Waals surface area (Å²) in [5, 5.41) is 0. The molecule has 1 aliphatic heterocycles. The third-order valence-electron chi connectivity index (χ3n) is 6.59. The number of methoxy groups -OCH3 is 2. The van der Waals surface area contributed by atoms with Crippen LogP contribution >= 0.6 is 0 Å². The lowest BCUT2D eigenvalue weighted by Gasteiger charge is -2.41. The van der Waals surface area contributed by atoms with E-state index in [9.17, 15) is 4.79 Å². The Morgan fingerprint density at radius 3 is 2.33 bits per heavy atom. The van der Waals surface area contributed by atoms with Gasteiger partial charge in [0.15, 0.2) is 11.5 Å². The highest BCUT2D eigenvalue weighted by atomic mass is 16.5. The number of ether oxygens (including phenoxy) is 2. The molecule has 172 valence electrons. The Morgan fingerprint density at radius 2 is 1.70 bits per heavy atom. The lowest BCUT2D eigenvalue weighted by atomic mass is 9.86. The van der Waals surface area contributed by atoms with Gasteiger partial charge >= 0.3 is 0 Å². The Morgan fingerprint density at radius 1 is 1.03 bits per heavy atom. The minimum Gasteiger partial charge on any atom is -0.493 e. The van der Waals surface area contributed by atoms with Gasteiger partial charge in [0.1, 0.15) is 6.04 Å². The van der Waals surface area contributed by atoms with Crippen molar-refractivity contribution in [3.05, 3.63) is 94.5 Å². The van der Waals surface area contributed by atoms with Gasteiger partial charge in [-0.25, -0.2) is 0 Å². The Labute approximate surface area is 196 Å². The summed E-state index contributed by atoms with van der Waals surface area (Å²) >= 11 is 0. The standard InChI is InChI=1S/C28H32N2O3/c1-19-9-11-20(12-10-19)13-14-24-23-18-26(33-3)25(32-2)17-22(23)15-16-30(24)27(28(29)31)21-7-5-4-6-8-21/h4-12,17-18,24,27H,13-16H2,1-3H3,(H2,29,31)/t24-,27+/m0/s1. The molecule has 0 saturated carbocycles. The molecule has 0 spiro atoms. The van der Waals surface area contributed by atoms with Crippen molar-refractivity contribution in [1.29, 1.82) is 0 Å². The van der Waals surface area contributed by atoms with E-state index in [1.54, 1.807) is 14.2 Å². The van der Waals surface area contributed by atoms with E-state index in [0.717, 1.165) is 37.1 Å². The summed E-state index contributed by atoms with van der Waals surface area (Å²) in [4.78, 5) is 15.0. The molecule has 5 heteroatoms. The third-order valence-corrected chi connectivity index (χ3v) is 6.59. The molecule has 1 heterocycles. The summed E-state index contributed by atoms with van der Waals surface area (Å²) in [6, 6.07) is 22.2. The predicted octanol–water partition coefficient (Wildman–Crippen LogP) is 4.77. The Hall–Kier alpha value is -3.31. The average Bonchev–Trinajstić information content (AvgIpc) is 2.84. The smallest absolute Gasteiger partial charge is 0.239 e. The molecule has 4 rings (SSSR count). The Balaban J connectivity index is 1.75. The van der Waals surface area contributed by atoms with Crippen LogP contribution in [0.1, 0.15) is 46.3 Å². The number of hydrogen-bond donors (Lipinski definition) is 1. The highest BCUT2D eigenvalue weighted by Gasteiger charge is 2.36. The van der Waals surface area contributed by atoms with Crippen molar-refractivity contribution in [2.45, 2.75) is 38.3 Å². The van der Waals surface area contributed by atoms with Gasteiger partial charge in [-0.15, -0.1) is 0 Å². The van der Waals surface area contributed by atoms with E-state index in [1.807, 2.05) is 30.3 Å². The van der Waals surface area contributed by atoms with Gasteiger partial charge in [0.2, 0.25) is 5.91 Å². The van der Waals surface area contributed by atoms with Gasteiger partial charge in [-0.2, -0.15) is 0 Å². The first kappa shape index (κ1) is 22.9. The molecule has 0 unspecified atom stereocenters. The molecule has 0 aromatic heterocycles. The second-order valence-corrected chi connectivity index (χ2v) is 8.65. The number of nitrogens with zero attached hydrogens (tertiary/aromatic N) is 1. The van der Waals surface area contributed by atoms with Crippen molar-refractivity contribution >= 4 is 5.91 Å². The third kappa shape index (κ3) is 4.88. The van der Waals surface area contributed by atoms with Crippen LogP contribution in [0.4, 0.5) is 0 Å². The van der Waals surface area contributed by atoms with Gasteiger partial charge in [0.25, 0.3) is 0 Å². The minimum atomic E-state index is -0.490. The maximum atomic E-state index is 12.7. The minimum absolute atomic E-state index is 0.0209. The maximum Gasteiger partial charge on any atom is 0.239 e. The quantitative estimate of drug-likeness (QED) is 0.544. The van der Waals surface area contributed by atoms with Crippen LogP contribution in [0.15, 0.2) is 66.7 Å². The van der Waals surface area contributed by atoms with Crippen LogP contribution < -0.4 is 15.2 Å². The van der Waals surface area contributed by atoms with E-state index < -0.39 is 6.04 Å². The van der Waals surface area contributed by atoms with Crippen LogP contribution in [-0.4, -0.2) is 31.6 Å². The van der Waals surface area contributed by atoms with Crippen LogP contribution in [-0.2, 0) is 17.6 Å². The van der Waals surface area contributed by atoms with Crippen LogP contribution in [0.3, 0.4) is 0 Å². The summed E-state index contributed by atoms with van der Waals surface area (Å²) in [6.07, 6.45) is 2.57. The summed E-state index contributed by atoms with van der Waals surface area (Å²) in [5.74, 6) is 1.11. The van der Waals surface area contributed by atoms with Gasteiger partial charge in [-0.05, 0) is 60.6 Å². The highest BCUT2D eigenvalue weighted by molar-refractivity contribution is 5.81. The fourth-order valence-electron chi connectivity index (χ4n) is 4.89. The van der Waals surface area contributed by atoms with Crippen molar-refractivity contribution in [2.75, 3.05) is 20.8 Å². The zero-order chi connectivity index (χ0) is 23.4. The summed E-state index contributed by atoms with van der Waals surface area (Å²) in [6.45, 7) is 2.84. The molecular weight excluding hydrogens is 412 g/mol. The van der Waals surface area contributed by atoms with Gasteiger partial charge in [-0.1, -0.05) is 60.2 Å². The fraction of sp³-hybridized carbons (Fsp3) is 0.321. The highest BCUT2D eigenvalue weighted by Crippen LogP contribution is 2.43. The summed E-state index contributed by atoms with van der Waals surface area (Å²) < 4.78 is 11.2. The van der Waals surface area contributed by atoms with E-state index in [4.69, 9.17) is 15.2 Å². The number of carbonyl (C=O) groups excluding carboxylic acids is 1. The number of aryl methyl sites for hydroxylation is 2. The molecule has 0 radical (unpaired) electrons. The molecule has 1 amide bonds. The van der Waals surface area contributed by atoms with E-state index in [1.165, 1.54) is 22.3 Å². The number of carbonyl (C=O) groups is 1. The predicted molar refractivity (Wildman–Crippen MR) is 131 cm³/mol. The second-order valence-electron chi connectivity index (χ2n) is 8.65. The molecule has 1 aliphatic rings.